The summed E-state index contributed by atoms with van der Waals surface area (Å²) in [5.41, 5.74) is 2.64. The van der Waals surface area contributed by atoms with E-state index in [1.165, 1.54) is 11.6 Å². The van der Waals surface area contributed by atoms with Gasteiger partial charge in [0, 0.05) is 9.13 Å². The van der Waals surface area contributed by atoms with Crippen LogP contribution in [0.1, 0.15) is 5.56 Å². The van der Waals surface area contributed by atoms with Gasteiger partial charge < -0.3 is 4.74 Å². The first kappa shape index (κ1) is 12.4. The molecule has 3 heteroatoms. The lowest BCUT2D eigenvalue weighted by Crippen LogP contribution is -1.90. The van der Waals surface area contributed by atoms with Crippen molar-refractivity contribution in [3.8, 4) is 16.9 Å². The Balaban J connectivity index is 2.59. The van der Waals surface area contributed by atoms with Gasteiger partial charge in [-0.15, -0.1) is 0 Å². The highest BCUT2D eigenvalue weighted by atomic mass is 127. The molecule has 0 amide bonds. The van der Waals surface area contributed by atoms with Crippen molar-refractivity contribution in [1.29, 1.82) is 0 Å². The molecule has 0 saturated carbocycles. The summed E-state index contributed by atoms with van der Waals surface area (Å²) in [5.74, 6) is 0.436. The van der Waals surface area contributed by atoms with Gasteiger partial charge in [-0.05, 0) is 59.3 Å². The molecule has 2 aromatic carbocycles. The maximum absolute atomic E-state index is 13.8. The molecule has 88 valence electrons. The summed E-state index contributed by atoms with van der Waals surface area (Å²) in [6.45, 7) is 2.02. The van der Waals surface area contributed by atoms with Gasteiger partial charge >= 0.3 is 0 Å². The molecule has 0 unspecified atom stereocenters. The van der Waals surface area contributed by atoms with Crippen LogP contribution in [0.25, 0.3) is 11.1 Å². The predicted octanol–water partition coefficient (Wildman–Crippen LogP) is 4.41. The second-order valence-electron chi connectivity index (χ2n) is 3.83. The number of ether oxygens (including phenoxy) is 1. The highest BCUT2D eigenvalue weighted by Crippen LogP contribution is 2.31. The second-order valence-corrected chi connectivity index (χ2v) is 4.99. The van der Waals surface area contributed by atoms with Crippen molar-refractivity contribution in [3.63, 3.8) is 0 Å². The standard InChI is InChI=1S/C14H12FIO/c1-9-3-5-11(14(16)7-9)12-8-10(17-2)4-6-13(12)15/h3-8H,1-2H3. The molecule has 2 aromatic rings. The second kappa shape index (κ2) is 5.04. The number of hydrogen-bond acceptors (Lipinski definition) is 1. The highest BCUT2D eigenvalue weighted by molar-refractivity contribution is 14.1. The van der Waals surface area contributed by atoms with E-state index < -0.39 is 0 Å². The molecule has 1 nitrogen and oxygen atoms in total. The zero-order valence-electron chi connectivity index (χ0n) is 9.63. The normalized spacial score (nSPS) is 10.4. The Hall–Kier alpha value is -1.10. The van der Waals surface area contributed by atoms with Crippen molar-refractivity contribution in [1.82, 2.24) is 0 Å². The van der Waals surface area contributed by atoms with Crippen molar-refractivity contribution in [2.45, 2.75) is 6.92 Å². The minimum Gasteiger partial charge on any atom is -0.497 e. The van der Waals surface area contributed by atoms with Crippen LogP contribution in [0.5, 0.6) is 5.75 Å². The van der Waals surface area contributed by atoms with Crippen LogP contribution in [0, 0.1) is 16.3 Å². The van der Waals surface area contributed by atoms with Crippen molar-refractivity contribution < 1.29 is 9.13 Å². The molecule has 0 fully saturated rings. The maximum atomic E-state index is 13.8. The van der Waals surface area contributed by atoms with Gasteiger partial charge in [-0.1, -0.05) is 17.7 Å². The third kappa shape index (κ3) is 2.60. The average Bonchev–Trinajstić information content (AvgIpc) is 2.30. The number of halogens is 2. The van der Waals surface area contributed by atoms with Gasteiger partial charge in [0.25, 0.3) is 0 Å². The first-order valence-corrected chi connectivity index (χ1v) is 6.30. The lowest BCUT2D eigenvalue weighted by Gasteiger charge is -2.09. The quantitative estimate of drug-likeness (QED) is 0.735. The fourth-order valence-electron chi connectivity index (χ4n) is 1.68. The van der Waals surface area contributed by atoms with Crippen LogP contribution >= 0.6 is 22.6 Å². The predicted molar refractivity (Wildman–Crippen MR) is 75.8 cm³/mol. The summed E-state index contributed by atoms with van der Waals surface area (Å²) in [5, 5.41) is 0. The molecule has 0 aromatic heterocycles. The molecule has 0 saturated heterocycles. The third-order valence-corrected chi connectivity index (χ3v) is 3.48. The molecular formula is C14H12FIO. The molecule has 0 bridgehead atoms. The maximum Gasteiger partial charge on any atom is 0.131 e. The third-order valence-electron chi connectivity index (χ3n) is 2.59. The molecule has 0 aliphatic heterocycles. The Bertz CT molecular complexity index is 552. The Labute approximate surface area is 114 Å². The molecule has 0 atom stereocenters. The summed E-state index contributed by atoms with van der Waals surface area (Å²) in [6.07, 6.45) is 0. The molecule has 0 aliphatic rings. The fraction of sp³-hybridized carbons (Fsp3) is 0.143. The van der Waals surface area contributed by atoms with E-state index in [1.807, 2.05) is 25.1 Å². The van der Waals surface area contributed by atoms with Gasteiger partial charge in [-0.3, -0.25) is 0 Å². The van der Waals surface area contributed by atoms with Gasteiger partial charge in [-0.2, -0.15) is 0 Å². The van der Waals surface area contributed by atoms with Gasteiger partial charge in [0.1, 0.15) is 11.6 Å². The van der Waals surface area contributed by atoms with E-state index >= 15 is 0 Å². The lowest BCUT2D eigenvalue weighted by molar-refractivity contribution is 0.414. The number of methoxy groups -OCH3 is 1. The molecule has 17 heavy (non-hydrogen) atoms. The van der Waals surface area contributed by atoms with Crippen LogP contribution in [0.4, 0.5) is 4.39 Å². The lowest BCUT2D eigenvalue weighted by atomic mass is 10.0. The molecule has 0 N–H and O–H groups in total. The zero-order chi connectivity index (χ0) is 12.4. The minimum absolute atomic E-state index is 0.229. The minimum atomic E-state index is -0.229. The number of hydrogen-bond donors (Lipinski definition) is 0. The first-order chi connectivity index (χ1) is 8.11. The molecule has 0 spiro atoms. The summed E-state index contributed by atoms with van der Waals surface area (Å²) >= 11 is 2.22. The number of benzene rings is 2. The van der Waals surface area contributed by atoms with E-state index in [1.54, 1.807) is 19.2 Å². The van der Waals surface area contributed by atoms with Crippen LogP contribution in [0.2, 0.25) is 0 Å². The molecule has 0 heterocycles. The summed E-state index contributed by atoms with van der Waals surface area (Å²) in [6, 6.07) is 10.7. The van der Waals surface area contributed by atoms with Crippen LogP contribution in [0.3, 0.4) is 0 Å². The largest absolute Gasteiger partial charge is 0.497 e. The van der Waals surface area contributed by atoms with Crippen LogP contribution in [0.15, 0.2) is 36.4 Å². The van der Waals surface area contributed by atoms with Crippen molar-refractivity contribution >= 4 is 22.6 Å². The molecular weight excluding hydrogens is 330 g/mol. The van der Waals surface area contributed by atoms with Crippen LogP contribution in [-0.2, 0) is 0 Å². The summed E-state index contributed by atoms with van der Waals surface area (Å²) < 4.78 is 20.0. The smallest absolute Gasteiger partial charge is 0.131 e. The van der Waals surface area contributed by atoms with Crippen molar-refractivity contribution in [2.75, 3.05) is 7.11 Å². The van der Waals surface area contributed by atoms with E-state index in [-0.39, 0.29) is 5.82 Å². The number of aryl methyl sites for hydroxylation is 1. The Morgan fingerprint density at radius 1 is 1.06 bits per heavy atom. The van der Waals surface area contributed by atoms with Gasteiger partial charge in [0.05, 0.1) is 7.11 Å². The van der Waals surface area contributed by atoms with Gasteiger partial charge in [-0.25, -0.2) is 4.39 Å². The Morgan fingerprint density at radius 3 is 2.47 bits per heavy atom. The highest BCUT2D eigenvalue weighted by Gasteiger charge is 2.09. The summed E-state index contributed by atoms with van der Waals surface area (Å²) in [7, 11) is 1.58. The Kier molecular flexibility index (Phi) is 3.66. The van der Waals surface area contributed by atoms with E-state index in [0.717, 1.165) is 9.13 Å². The molecule has 0 radical (unpaired) electrons. The van der Waals surface area contributed by atoms with E-state index in [4.69, 9.17) is 4.74 Å². The van der Waals surface area contributed by atoms with Crippen molar-refractivity contribution in [2.24, 2.45) is 0 Å². The molecule has 0 aliphatic carbocycles. The van der Waals surface area contributed by atoms with Gasteiger partial charge in [0.2, 0.25) is 0 Å². The van der Waals surface area contributed by atoms with Crippen molar-refractivity contribution in [3.05, 3.63) is 51.3 Å². The van der Waals surface area contributed by atoms with Crippen LogP contribution < -0.4 is 4.74 Å². The van der Waals surface area contributed by atoms with Gasteiger partial charge in [0.15, 0.2) is 0 Å². The van der Waals surface area contributed by atoms with E-state index in [0.29, 0.717) is 11.3 Å². The summed E-state index contributed by atoms with van der Waals surface area (Å²) in [4.78, 5) is 0. The monoisotopic (exact) mass is 342 g/mol. The zero-order valence-corrected chi connectivity index (χ0v) is 11.8. The first-order valence-electron chi connectivity index (χ1n) is 5.22. The topological polar surface area (TPSA) is 9.23 Å². The SMILES string of the molecule is COc1ccc(F)c(-c2ccc(C)cc2I)c1. The number of rotatable bonds is 2. The fourth-order valence-corrected chi connectivity index (χ4v) is 2.64. The Morgan fingerprint density at radius 2 is 1.82 bits per heavy atom. The average molecular weight is 342 g/mol. The van der Waals surface area contributed by atoms with E-state index in [2.05, 4.69) is 22.6 Å². The molecule has 2 rings (SSSR count). The van der Waals surface area contributed by atoms with E-state index in [9.17, 15) is 4.39 Å². The van der Waals surface area contributed by atoms with Crippen LogP contribution in [-0.4, -0.2) is 7.11 Å².